The zero-order valence-electron chi connectivity index (χ0n) is 57.1. The van der Waals surface area contributed by atoms with E-state index in [0.29, 0.717) is 52.3 Å². The fourth-order valence-corrected chi connectivity index (χ4v) is 11.7. The number of Topliss-reactive ketones (excluding diaryl/α,β-unsaturated/α-hetero) is 1. The molecule has 0 saturated heterocycles. The maximum atomic E-state index is 12.0. The second-order valence-electron chi connectivity index (χ2n) is 21.7. The van der Waals surface area contributed by atoms with Crippen molar-refractivity contribution in [2.75, 3.05) is 22.7 Å². The smallest absolute Gasteiger partial charge is 0.194 e. The van der Waals surface area contributed by atoms with Crippen molar-refractivity contribution in [3.63, 3.8) is 0 Å². The Bertz CT molecular complexity index is 4620. The average molecular weight is 2010 g/mol. The molecule has 4 fully saturated rings. The van der Waals surface area contributed by atoms with Gasteiger partial charge in [-0.1, -0.05) is 130 Å². The summed E-state index contributed by atoms with van der Waals surface area (Å²) in [6.45, 7) is 4.17. The summed E-state index contributed by atoms with van der Waals surface area (Å²) in [6, 6.07) is 30.4. The van der Waals surface area contributed by atoms with Gasteiger partial charge in [-0.25, -0.2) is 15.0 Å². The van der Waals surface area contributed by atoms with Crippen LogP contribution < -0.4 is 27.7 Å². The number of hydrogen-bond donors (Lipinski definition) is 6. The Kier molecular flexibility index (Phi) is 48.2. The number of nitrogens with one attached hydrogen (secondary N) is 1. The number of fused-ring (bicyclic) bond motifs is 2. The molecule has 0 bridgehead atoms. The molecule has 4 aliphatic rings. The number of halogens is 11. The van der Waals surface area contributed by atoms with Gasteiger partial charge < -0.3 is 27.7 Å². The number of imidazole rings is 2. The molecule has 109 heavy (non-hydrogen) atoms. The second-order valence-corrected chi connectivity index (χ2v) is 46.0. The number of hydrogen-bond acceptors (Lipinski definition) is 22. The van der Waals surface area contributed by atoms with E-state index in [0.717, 1.165) is 55.1 Å². The minimum Gasteiger partial charge on any atom is -0.297 e. The molecule has 4 aliphatic carbocycles. The first-order valence-electron chi connectivity index (χ1n) is 31.3. The third-order valence-electron chi connectivity index (χ3n) is 13.2. The molecule has 0 atom stereocenters. The molecule has 0 amide bonds. The van der Waals surface area contributed by atoms with E-state index in [9.17, 15) is 9.59 Å². The third-order valence-corrected chi connectivity index (χ3v) is 18.0. The van der Waals surface area contributed by atoms with Gasteiger partial charge in [0.25, 0.3) is 5.91 Å². The molecular formula is C65H76BBr3Cl8N21O3S7Ti. The third kappa shape index (κ3) is 40.2. The van der Waals surface area contributed by atoms with Crippen LogP contribution in [0.2, 0.25) is 0 Å². The van der Waals surface area contributed by atoms with Gasteiger partial charge in [-0.2, -0.15) is 20.4 Å². The van der Waals surface area contributed by atoms with Crippen molar-refractivity contribution in [1.29, 1.82) is 5.41 Å². The van der Waals surface area contributed by atoms with Crippen molar-refractivity contribution < 1.29 is 26.7 Å². The van der Waals surface area contributed by atoms with Crippen LogP contribution in [0.15, 0.2) is 183 Å². The SMILES string of the molecule is Br.Brc1c(-c2ccn(C3CC3)n2)nc2sccn12.C.Cc1ccccc1.Cc1ccccc1.ClC(Cl)Cl.N=c1sccn1C(=O)c1ccn(C2CC2)n1.NC(N)=S.Nc1cncs1.Nc1nccs1.O=C(CBr)c1ccn(C2CC2)n1.O=CCCl.[B]=NS.[Cl][Ti]([Cl])([Cl])[Cl].c1cn2cc(-c3ccn(C4CC4)n3)nc2s1. The molecule has 0 aliphatic heterocycles. The average Bonchev–Trinajstić information content (AvgIpc) is 1.64. The maximum absolute atomic E-state index is 12.0. The number of nitrogens with two attached hydrogens (primary N) is 4. The summed E-state index contributed by atoms with van der Waals surface area (Å²) in [5.74, 6) is -0.0694. The number of ketones is 1. The van der Waals surface area contributed by atoms with Gasteiger partial charge in [0.1, 0.15) is 44.4 Å². The molecule has 11 aromatic heterocycles. The summed E-state index contributed by atoms with van der Waals surface area (Å²) in [5.41, 5.74) is 28.8. The molecule has 17 rings (SSSR count). The van der Waals surface area contributed by atoms with Crippen LogP contribution in [0.1, 0.15) is 115 Å². The van der Waals surface area contributed by atoms with Crippen LogP contribution >= 0.6 is 214 Å². The number of anilines is 2. The van der Waals surface area contributed by atoms with Crippen LogP contribution in [-0.4, -0.2) is 119 Å². The summed E-state index contributed by atoms with van der Waals surface area (Å²) in [6.07, 6.45) is 29.2. The molecule has 1 radical (unpaired) electrons. The van der Waals surface area contributed by atoms with Crippen LogP contribution in [0.25, 0.3) is 32.7 Å². The maximum Gasteiger partial charge on any atom is 0.194 e. The van der Waals surface area contributed by atoms with Crippen LogP contribution in [0.5, 0.6) is 0 Å². The number of thiol groups is 1. The number of rotatable bonds is 10. The molecule has 9 N–H and O–H groups in total. The minimum absolute atomic E-state index is 0. The molecule has 0 unspecified atom stereocenters. The van der Waals surface area contributed by atoms with Crippen LogP contribution in [0.3, 0.4) is 0 Å². The molecule has 2 aromatic carbocycles. The van der Waals surface area contributed by atoms with Crippen molar-refractivity contribution in [3.05, 3.63) is 206 Å². The van der Waals surface area contributed by atoms with Crippen molar-refractivity contribution in [2.24, 2.45) is 15.8 Å². The van der Waals surface area contributed by atoms with Gasteiger partial charge in [0, 0.05) is 77.3 Å². The molecule has 11 heterocycles. The first-order valence-corrected chi connectivity index (χ1v) is 48.9. The number of thiazole rings is 5. The summed E-state index contributed by atoms with van der Waals surface area (Å²) in [4.78, 5) is 51.0. The molecule has 0 spiro atoms. The number of nitrogen functional groups attached to an aromatic ring is 2. The van der Waals surface area contributed by atoms with Gasteiger partial charge in [0.05, 0.1) is 47.1 Å². The Morgan fingerprint density at radius 1 is 0.688 bits per heavy atom. The predicted octanol–water partition coefficient (Wildman–Crippen LogP) is 20.2. The fraction of sp³-hybridized carbons (Fsp3) is 0.277. The van der Waals surface area contributed by atoms with Crippen LogP contribution in [-0.2, 0) is 17.1 Å². The van der Waals surface area contributed by atoms with Gasteiger partial charge in [0.2, 0.25) is 0 Å². The van der Waals surface area contributed by atoms with Crippen molar-refractivity contribution in [3.8, 4) is 22.8 Å². The van der Waals surface area contributed by atoms with Crippen LogP contribution in [0.4, 0.5) is 10.1 Å². The number of aldehydes is 1. The van der Waals surface area contributed by atoms with Gasteiger partial charge in [-0.15, -0.1) is 85.3 Å². The number of nitrogens with zero attached hydrogens (tertiary/aromatic N) is 16. The van der Waals surface area contributed by atoms with E-state index in [1.54, 1.807) is 64.3 Å². The standard InChI is InChI=1S/C11H9BrN4S.C11H10N4S.C10H10N4OS.C8H9BrN2O.2C7H8.2C3H4N2S.C2H3ClO.CHCl3.CH4N2S.CH4.BHNS.BrH.4ClH.Ti/c12-10-9(13-11-15(10)5-6-17-11)8-3-4-16(14-8)7-1-2-7;1-2-8(1)15-4-3-9(13-15)10-7-14-5-6-16-11(14)12-10;11-10-13(5-6-16-10)9(15)8-3-4-14(12-8)7-1-2-7;9-5-8(12)7-3-4-11(10-7)6-1-2-6;2*1-7-5-3-2-4-6-7;4-3-1-5-2-6-3;4-3-5-1-2-6-3;3-1-2-4;2*2-1(3)4;;1-2-3;;;;;;/h3-7H,1-2H2;3-8H,1-2H2;3-7,11H,1-2H2;3-4,6H,1-2,5H2;2*2-6H,1H3;1-2H,4H2;1-2H,(H2,4,5);2H,1H2;1H;(H4,2,3,4);1H4;3H;5*1H;/q;;;;;;;;;;;;;;;;;;+4/p-4. The molecule has 4 saturated carbocycles. The van der Waals surface area contributed by atoms with Crippen molar-refractivity contribution in [1.82, 2.24) is 72.4 Å². The van der Waals surface area contributed by atoms with Crippen LogP contribution in [0, 0.1) is 19.3 Å². The van der Waals surface area contributed by atoms with Gasteiger partial charge in [-0.05, 0) is 118 Å². The van der Waals surface area contributed by atoms with Crippen molar-refractivity contribution >= 4 is 265 Å². The zero-order valence-corrected chi connectivity index (χ0v) is 75.4. The first kappa shape index (κ1) is 98.5. The number of carbonyl (C=O) groups excluding carboxylic acids is 3. The van der Waals surface area contributed by atoms with E-state index in [1.165, 1.54) is 88.2 Å². The number of carbonyl (C=O) groups is 3. The predicted molar refractivity (Wildman–Crippen MR) is 472 cm³/mol. The van der Waals surface area contributed by atoms with E-state index < -0.39 is 16.6 Å². The van der Waals surface area contributed by atoms with E-state index in [1.807, 2.05) is 120 Å². The first-order chi connectivity index (χ1) is 51.2. The Morgan fingerprint density at radius 3 is 1.50 bits per heavy atom. The monoisotopic (exact) mass is 2000 g/mol. The Balaban J connectivity index is 0.000000318. The van der Waals surface area contributed by atoms with E-state index >= 15 is 0 Å². The second kappa shape index (κ2) is 53.4. The summed E-state index contributed by atoms with van der Waals surface area (Å²) in [5, 5.41) is 34.5. The zero-order chi connectivity index (χ0) is 78.4. The number of aromatic nitrogens is 15. The van der Waals surface area contributed by atoms with Gasteiger partial charge in [-0.3, -0.25) is 52.1 Å². The number of aryl methyl sites for hydroxylation is 2. The van der Waals surface area contributed by atoms with Gasteiger partial charge >= 0.3 is 74.3 Å². The molecule has 585 valence electrons. The summed E-state index contributed by atoms with van der Waals surface area (Å²) in [7, 11) is 24.4. The van der Waals surface area contributed by atoms with Crippen molar-refractivity contribution in [2.45, 2.75) is 101 Å². The number of thiocarbonyl (C=S) groups is 1. The molecular weight excluding hydrogens is 1930 g/mol. The number of alkyl halides is 5. The topological polar surface area (TPSA) is 328 Å². The van der Waals surface area contributed by atoms with E-state index in [4.69, 9.17) is 105 Å². The summed E-state index contributed by atoms with van der Waals surface area (Å²) >= 11 is 37.5. The number of benzene rings is 2. The largest absolute Gasteiger partial charge is 0.297 e. The molecule has 13 aromatic rings. The Hall–Kier alpha value is -4.70. The summed E-state index contributed by atoms with van der Waals surface area (Å²) < 4.78 is 16.1. The van der Waals surface area contributed by atoms with E-state index in [-0.39, 0.29) is 51.9 Å². The van der Waals surface area contributed by atoms with E-state index in [2.05, 4.69) is 174 Å². The molecule has 24 nitrogen and oxygen atoms in total. The minimum atomic E-state index is -3.11. The normalized spacial score (nSPS) is 12.4. The quantitative estimate of drug-likeness (QED) is 0.0185. The Labute approximate surface area is 729 Å². The fourth-order valence-electron chi connectivity index (χ4n) is 7.98. The molecule has 44 heteroatoms. The van der Waals surface area contributed by atoms with Gasteiger partial charge in [0.15, 0.2) is 40.7 Å². The Morgan fingerprint density at radius 2 is 1.13 bits per heavy atom.